The highest BCUT2D eigenvalue weighted by molar-refractivity contribution is 5.94. The zero-order valence-corrected chi connectivity index (χ0v) is 27.3. The van der Waals surface area contributed by atoms with Crippen molar-refractivity contribution in [1.82, 2.24) is 15.1 Å². The number of amides is 3. The highest BCUT2D eigenvalue weighted by Crippen LogP contribution is 2.36. The lowest BCUT2D eigenvalue weighted by molar-refractivity contribution is -0.144. The van der Waals surface area contributed by atoms with E-state index in [1.165, 1.54) is 0 Å². The lowest BCUT2D eigenvalue weighted by atomic mass is 9.99. The van der Waals surface area contributed by atoms with E-state index in [1.54, 1.807) is 13.0 Å². The zero-order chi connectivity index (χ0) is 32.9. The van der Waals surface area contributed by atoms with Crippen molar-refractivity contribution in [1.29, 1.82) is 0 Å². The minimum atomic E-state index is -0.614. The molecule has 3 aliphatic heterocycles. The maximum absolute atomic E-state index is 14.2. The van der Waals surface area contributed by atoms with Crippen molar-refractivity contribution in [2.24, 2.45) is 0 Å². The Labute approximate surface area is 276 Å². The molecule has 3 heterocycles. The minimum Gasteiger partial charge on any atom is -0.466 e. The first kappa shape index (κ1) is 32.2. The van der Waals surface area contributed by atoms with Crippen molar-refractivity contribution in [2.45, 2.75) is 45.3 Å². The molecule has 3 aliphatic rings. The summed E-state index contributed by atoms with van der Waals surface area (Å²) < 4.78 is 16.3. The van der Waals surface area contributed by atoms with Crippen LogP contribution >= 0.6 is 0 Å². The Bertz CT molecular complexity index is 1560. The highest BCUT2D eigenvalue weighted by atomic mass is 16.7. The van der Waals surface area contributed by atoms with E-state index in [9.17, 15) is 14.4 Å². The number of urea groups is 1. The molecule has 0 aliphatic carbocycles. The second-order valence-electron chi connectivity index (χ2n) is 12.3. The molecule has 3 aromatic rings. The molecule has 3 aromatic carbocycles. The predicted molar refractivity (Wildman–Crippen MR) is 179 cm³/mol. The fourth-order valence-corrected chi connectivity index (χ4v) is 6.54. The SMILES string of the molecule is CCOC(=O)CC(NC(=O)C(c1ccccc1)N1CCN(c2ccc(N3CCN(C(C)C)C3=O)cc2)CC1)c1ccc2c(c1)OCO2. The molecule has 1 N–H and O–H groups in total. The number of carbonyl (C=O) groups is 3. The topological polar surface area (TPSA) is 104 Å². The predicted octanol–water partition coefficient (Wildman–Crippen LogP) is 4.74. The van der Waals surface area contributed by atoms with E-state index >= 15 is 0 Å². The van der Waals surface area contributed by atoms with Crippen molar-refractivity contribution in [3.05, 3.63) is 83.9 Å². The second kappa shape index (κ2) is 14.3. The van der Waals surface area contributed by atoms with Gasteiger partial charge < -0.3 is 29.3 Å². The van der Waals surface area contributed by atoms with Gasteiger partial charge in [0.15, 0.2) is 11.5 Å². The molecule has 3 amide bonds. The van der Waals surface area contributed by atoms with Gasteiger partial charge in [-0.15, -0.1) is 0 Å². The molecule has 11 nitrogen and oxygen atoms in total. The molecular weight excluding hydrogens is 598 g/mol. The third-order valence-corrected chi connectivity index (χ3v) is 9.03. The van der Waals surface area contributed by atoms with Crippen LogP contribution in [0.5, 0.6) is 11.5 Å². The molecule has 2 atom stereocenters. The van der Waals surface area contributed by atoms with Gasteiger partial charge in [-0.05, 0) is 68.3 Å². The number of nitrogens with zero attached hydrogens (tertiary/aromatic N) is 4. The van der Waals surface area contributed by atoms with E-state index in [0.717, 1.165) is 42.1 Å². The molecule has 2 fully saturated rings. The van der Waals surface area contributed by atoms with Crippen molar-refractivity contribution in [3.63, 3.8) is 0 Å². The van der Waals surface area contributed by atoms with Crippen LogP contribution in [0.4, 0.5) is 16.2 Å². The van der Waals surface area contributed by atoms with Gasteiger partial charge in [0.05, 0.1) is 19.1 Å². The molecule has 2 saturated heterocycles. The summed E-state index contributed by atoms with van der Waals surface area (Å²) in [6, 6.07) is 22.4. The fraction of sp³-hybridized carbons (Fsp3) is 0.417. The molecule has 2 unspecified atom stereocenters. The Morgan fingerprint density at radius 2 is 1.53 bits per heavy atom. The number of fused-ring (bicyclic) bond motifs is 1. The number of nitrogens with one attached hydrogen (secondary N) is 1. The van der Waals surface area contributed by atoms with Gasteiger partial charge in [0, 0.05) is 56.7 Å². The van der Waals surface area contributed by atoms with Gasteiger partial charge in [0.2, 0.25) is 12.7 Å². The Kier molecular flexibility index (Phi) is 9.81. The van der Waals surface area contributed by atoms with Gasteiger partial charge in [0.25, 0.3) is 0 Å². The minimum absolute atomic E-state index is 0.0109. The summed E-state index contributed by atoms with van der Waals surface area (Å²) in [5, 5.41) is 3.17. The van der Waals surface area contributed by atoms with Crippen LogP contribution in [0.25, 0.3) is 0 Å². The summed E-state index contributed by atoms with van der Waals surface area (Å²) in [5.74, 6) is 0.635. The standard InChI is InChI=1S/C36H43N5O6/c1-4-45-33(42)23-30(27-10-15-31-32(22-27)47-24-46-31)37-35(43)34(26-8-6-5-7-9-26)39-18-16-38(17-19-39)28-11-13-29(14-12-28)41-21-20-40(25(2)3)36(41)44/h5-15,22,25,30,34H,4,16-21,23-24H2,1-3H3,(H,37,43). The largest absolute Gasteiger partial charge is 0.466 e. The summed E-state index contributed by atoms with van der Waals surface area (Å²) in [5.41, 5.74) is 3.61. The number of piperazine rings is 1. The lowest BCUT2D eigenvalue weighted by Gasteiger charge is -2.40. The molecule has 11 heteroatoms. The van der Waals surface area contributed by atoms with Crippen LogP contribution < -0.4 is 24.6 Å². The average Bonchev–Trinajstić information content (AvgIpc) is 3.72. The number of esters is 1. The van der Waals surface area contributed by atoms with Crippen molar-refractivity contribution >= 4 is 29.3 Å². The Balaban J connectivity index is 1.16. The van der Waals surface area contributed by atoms with Gasteiger partial charge in [-0.3, -0.25) is 19.4 Å². The van der Waals surface area contributed by atoms with E-state index in [0.29, 0.717) is 31.1 Å². The summed E-state index contributed by atoms with van der Waals surface area (Å²) in [7, 11) is 0. The molecule has 47 heavy (non-hydrogen) atoms. The molecule has 0 spiro atoms. The molecule has 0 radical (unpaired) electrons. The fourth-order valence-electron chi connectivity index (χ4n) is 6.54. The smallest absolute Gasteiger partial charge is 0.324 e. The van der Waals surface area contributed by atoms with Crippen molar-refractivity contribution < 1.29 is 28.6 Å². The summed E-state index contributed by atoms with van der Waals surface area (Å²) in [6.45, 7) is 10.4. The van der Waals surface area contributed by atoms with Crippen molar-refractivity contribution in [2.75, 3.05) is 62.5 Å². The number of rotatable bonds is 11. The van der Waals surface area contributed by atoms with E-state index in [4.69, 9.17) is 14.2 Å². The zero-order valence-electron chi connectivity index (χ0n) is 27.3. The quantitative estimate of drug-likeness (QED) is 0.300. The molecule has 248 valence electrons. The first-order valence-corrected chi connectivity index (χ1v) is 16.4. The molecular formula is C36H43N5O6. The second-order valence-corrected chi connectivity index (χ2v) is 12.3. The molecule has 0 bridgehead atoms. The summed E-state index contributed by atoms with van der Waals surface area (Å²) in [6.07, 6.45) is -0.0109. The van der Waals surface area contributed by atoms with Gasteiger partial charge in [-0.1, -0.05) is 36.4 Å². The van der Waals surface area contributed by atoms with E-state index in [-0.39, 0.29) is 37.8 Å². The van der Waals surface area contributed by atoms with Crippen LogP contribution in [0.2, 0.25) is 0 Å². The number of anilines is 2. The van der Waals surface area contributed by atoms with E-state index in [2.05, 4.69) is 27.2 Å². The van der Waals surface area contributed by atoms with Crippen LogP contribution in [0.15, 0.2) is 72.8 Å². The number of hydrogen-bond acceptors (Lipinski definition) is 8. The maximum atomic E-state index is 14.2. The Hall–Kier alpha value is -4.77. The number of benzene rings is 3. The van der Waals surface area contributed by atoms with Gasteiger partial charge in [-0.25, -0.2) is 4.79 Å². The van der Waals surface area contributed by atoms with Crippen LogP contribution in [0.1, 0.15) is 50.4 Å². The van der Waals surface area contributed by atoms with Crippen LogP contribution in [0.3, 0.4) is 0 Å². The van der Waals surface area contributed by atoms with E-state index < -0.39 is 18.1 Å². The van der Waals surface area contributed by atoms with Crippen LogP contribution in [0, 0.1) is 0 Å². The highest BCUT2D eigenvalue weighted by Gasteiger charge is 2.34. The Morgan fingerprint density at radius 3 is 2.21 bits per heavy atom. The van der Waals surface area contributed by atoms with Crippen molar-refractivity contribution in [3.8, 4) is 11.5 Å². The maximum Gasteiger partial charge on any atom is 0.324 e. The lowest BCUT2D eigenvalue weighted by Crippen LogP contribution is -2.51. The Morgan fingerprint density at radius 1 is 0.830 bits per heavy atom. The van der Waals surface area contributed by atoms with E-state index in [1.807, 2.05) is 78.2 Å². The summed E-state index contributed by atoms with van der Waals surface area (Å²) in [4.78, 5) is 47.9. The van der Waals surface area contributed by atoms with Crippen LogP contribution in [-0.4, -0.2) is 86.4 Å². The summed E-state index contributed by atoms with van der Waals surface area (Å²) >= 11 is 0. The monoisotopic (exact) mass is 641 g/mol. The number of ether oxygens (including phenoxy) is 3. The first-order valence-electron chi connectivity index (χ1n) is 16.4. The molecule has 0 saturated carbocycles. The number of hydrogen-bond donors (Lipinski definition) is 1. The molecule has 0 aromatic heterocycles. The normalized spacial score (nSPS) is 17.6. The first-order chi connectivity index (χ1) is 22.8. The number of carbonyl (C=O) groups excluding carboxylic acids is 3. The van der Waals surface area contributed by atoms with Gasteiger partial charge in [0.1, 0.15) is 6.04 Å². The third kappa shape index (κ3) is 7.15. The third-order valence-electron chi connectivity index (χ3n) is 9.03. The average molecular weight is 642 g/mol. The van der Waals surface area contributed by atoms with Crippen LogP contribution in [-0.2, 0) is 14.3 Å². The van der Waals surface area contributed by atoms with Gasteiger partial charge >= 0.3 is 12.0 Å². The van der Waals surface area contributed by atoms with Gasteiger partial charge in [-0.2, -0.15) is 0 Å². The molecule has 6 rings (SSSR count).